The van der Waals surface area contributed by atoms with Crippen LogP contribution in [0.5, 0.6) is 0 Å². The summed E-state index contributed by atoms with van der Waals surface area (Å²) in [6.45, 7) is 1.65. The second-order valence-corrected chi connectivity index (χ2v) is 15.2. The second-order valence-electron chi connectivity index (χ2n) is 15.2. The van der Waals surface area contributed by atoms with Crippen LogP contribution in [0.15, 0.2) is 48.5 Å². The molecule has 2 aromatic carbocycles. The minimum absolute atomic E-state index is 0.0504. The van der Waals surface area contributed by atoms with Gasteiger partial charge in [-0.1, -0.05) is 63.5 Å². The van der Waals surface area contributed by atoms with Gasteiger partial charge in [0.15, 0.2) is 0 Å². The number of urea groups is 2. The molecule has 48 heavy (non-hydrogen) atoms. The van der Waals surface area contributed by atoms with Gasteiger partial charge < -0.3 is 30.2 Å². The minimum atomic E-state index is 0.0504. The first-order valence-electron chi connectivity index (χ1n) is 19.0. The Kier molecular flexibility index (Phi) is 13.3. The fourth-order valence-electron chi connectivity index (χ4n) is 8.20. The Morgan fingerprint density at radius 2 is 0.896 bits per heavy atom. The van der Waals surface area contributed by atoms with E-state index in [1.807, 2.05) is 52.5 Å². The van der Waals surface area contributed by atoms with Crippen LogP contribution in [0.25, 0.3) is 0 Å². The van der Waals surface area contributed by atoms with Crippen LogP contribution in [0.4, 0.5) is 32.3 Å². The molecule has 8 heteroatoms. The predicted molar refractivity (Wildman–Crippen MR) is 201 cm³/mol. The maximum Gasteiger partial charge on any atom is 0.322 e. The maximum absolute atomic E-state index is 13.9. The molecule has 8 nitrogen and oxygen atoms in total. The standard InChI is InChI=1S/C40H62N6O2/c1-43(2)37-21-13-15-33(27-37)41-39(47)45(35-17-9-5-6-10-18-35)29-31-23-25-32(26-24-31)30-46(36-19-11-7-8-12-20-36)40(48)42-34-16-14-22-38(28-34)44(3)4/h13-16,21-22,27-28,31-32,35-36H,5-12,17-20,23-26,29-30H2,1-4H3,(H,41,47)(H,42,48). The molecule has 0 saturated heterocycles. The summed E-state index contributed by atoms with van der Waals surface area (Å²) >= 11 is 0. The Morgan fingerprint density at radius 3 is 1.23 bits per heavy atom. The van der Waals surface area contributed by atoms with E-state index in [1.54, 1.807) is 0 Å². The van der Waals surface area contributed by atoms with Crippen molar-refractivity contribution in [2.75, 3.05) is 61.7 Å². The summed E-state index contributed by atoms with van der Waals surface area (Å²) in [7, 11) is 8.12. The number of nitrogens with one attached hydrogen (secondary N) is 2. The smallest absolute Gasteiger partial charge is 0.322 e. The first kappa shape index (κ1) is 35.9. The van der Waals surface area contributed by atoms with Gasteiger partial charge in [-0.3, -0.25) is 0 Å². The van der Waals surface area contributed by atoms with Crippen LogP contribution < -0.4 is 20.4 Å². The largest absolute Gasteiger partial charge is 0.378 e. The Balaban J connectivity index is 1.22. The van der Waals surface area contributed by atoms with Crippen molar-refractivity contribution in [1.29, 1.82) is 0 Å². The van der Waals surface area contributed by atoms with Gasteiger partial charge in [0.1, 0.15) is 0 Å². The number of amides is 4. The van der Waals surface area contributed by atoms with E-state index in [4.69, 9.17) is 0 Å². The van der Waals surface area contributed by atoms with Gasteiger partial charge in [-0.25, -0.2) is 9.59 Å². The van der Waals surface area contributed by atoms with Crippen molar-refractivity contribution in [2.24, 2.45) is 11.8 Å². The van der Waals surface area contributed by atoms with E-state index >= 15 is 0 Å². The van der Waals surface area contributed by atoms with Gasteiger partial charge in [-0.05, 0) is 99.6 Å². The average molecular weight is 659 g/mol. The topological polar surface area (TPSA) is 71.2 Å². The molecule has 3 fully saturated rings. The second kappa shape index (κ2) is 17.8. The van der Waals surface area contributed by atoms with Crippen molar-refractivity contribution in [2.45, 2.75) is 115 Å². The lowest BCUT2D eigenvalue weighted by atomic mass is 9.81. The quantitative estimate of drug-likeness (QED) is 0.250. The predicted octanol–water partition coefficient (Wildman–Crippen LogP) is 9.44. The number of hydrogen-bond donors (Lipinski definition) is 2. The molecule has 0 aliphatic heterocycles. The highest BCUT2D eigenvalue weighted by molar-refractivity contribution is 5.91. The van der Waals surface area contributed by atoms with E-state index in [0.29, 0.717) is 23.9 Å². The summed E-state index contributed by atoms with van der Waals surface area (Å²) in [5.74, 6) is 0.995. The van der Waals surface area contributed by atoms with E-state index in [2.05, 4.69) is 54.5 Å². The fraction of sp³-hybridized carbons (Fsp3) is 0.650. The van der Waals surface area contributed by atoms with Crippen LogP contribution in [0.3, 0.4) is 0 Å². The Bertz CT molecular complexity index is 1190. The van der Waals surface area contributed by atoms with Crippen LogP contribution in [-0.2, 0) is 0 Å². The first-order valence-corrected chi connectivity index (χ1v) is 19.0. The van der Waals surface area contributed by atoms with Crippen molar-refractivity contribution >= 4 is 34.8 Å². The minimum Gasteiger partial charge on any atom is -0.378 e. The molecule has 3 aliphatic carbocycles. The molecule has 0 aromatic heterocycles. The van der Waals surface area contributed by atoms with Crippen molar-refractivity contribution in [3.05, 3.63) is 48.5 Å². The zero-order chi connectivity index (χ0) is 33.9. The normalized spacial score (nSPS) is 21.0. The number of hydrogen-bond acceptors (Lipinski definition) is 4. The maximum atomic E-state index is 13.9. The van der Waals surface area contributed by atoms with Gasteiger partial charge in [0.2, 0.25) is 0 Å². The van der Waals surface area contributed by atoms with Gasteiger partial charge in [-0.15, -0.1) is 0 Å². The Labute approximate surface area is 290 Å². The van der Waals surface area contributed by atoms with Crippen molar-refractivity contribution in [3.8, 4) is 0 Å². The SMILES string of the molecule is CN(C)c1cccc(NC(=O)N(CC2CCC(CN(C(=O)Nc3cccc(N(C)C)c3)C3CCCCCC3)CC2)C2CCCCCC2)c1. The third kappa shape index (κ3) is 10.3. The van der Waals surface area contributed by atoms with Gasteiger partial charge in [0, 0.05) is 76.1 Å². The molecule has 264 valence electrons. The number of nitrogens with zero attached hydrogens (tertiary/aromatic N) is 4. The molecule has 4 amide bonds. The third-order valence-corrected chi connectivity index (χ3v) is 11.2. The number of rotatable bonds is 10. The monoisotopic (exact) mass is 658 g/mol. The summed E-state index contributed by atoms with van der Waals surface area (Å²) in [5, 5.41) is 6.54. The zero-order valence-electron chi connectivity index (χ0n) is 30.3. The molecule has 0 unspecified atom stereocenters. The highest BCUT2D eigenvalue weighted by atomic mass is 16.2. The lowest BCUT2D eigenvalue weighted by Crippen LogP contribution is -2.47. The van der Waals surface area contributed by atoms with E-state index in [-0.39, 0.29) is 12.1 Å². The van der Waals surface area contributed by atoms with Gasteiger partial charge in [0.25, 0.3) is 0 Å². The summed E-state index contributed by atoms with van der Waals surface area (Å²) in [5.41, 5.74) is 3.89. The summed E-state index contributed by atoms with van der Waals surface area (Å²) in [6, 6.07) is 17.0. The first-order chi connectivity index (χ1) is 23.3. The van der Waals surface area contributed by atoms with Crippen molar-refractivity contribution in [3.63, 3.8) is 0 Å². The lowest BCUT2D eigenvalue weighted by Gasteiger charge is -2.39. The summed E-state index contributed by atoms with van der Waals surface area (Å²) in [6.07, 6.45) is 18.8. The summed E-state index contributed by atoms with van der Waals surface area (Å²) < 4.78 is 0. The molecule has 2 aromatic rings. The van der Waals surface area contributed by atoms with E-state index in [1.165, 1.54) is 51.4 Å². The Hall–Kier alpha value is -3.42. The molecule has 3 aliphatic rings. The number of benzene rings is 2. The zero-order valence-corrected chi connectivity index (χ0v) is 30.3. The van der Waals surface area contributed by atoms with E-state index in [0.717, 1.165) is 87.2 Å². The average Bonchev–Trinajstić information content (AvgIpc) is 3.53. The van der Waals surface area contributed by atoms with Gasteiger partial charge in [0.05, 0.1) is 0 Å². The van der Waals surface area contributed by atoms with Gasteiger partial charge in [-0.2, -0.15) is 0 Å². The molecular formula is C40H62N6O2. The molecular weight excluding hydrogens is 596 g/mol. The molecule has 0 heterocycles. The van der Waals surface area contributed by atoms with Gasteiger partial charge >= 0.3 is 12.1 Å². The van der Waals surface area contributed by atoms with Crippen LogP contribution in [0, 0.1) is 11.8 Å². The third-order valence-electron chi connectivity index (χ3n) is 11.2. The summed E-state index contributed by atoms with van der Waals surface area (Å²) in [4.78, 5) is 36.4. The lowest BCUT2D eigenvalue weighted by molar-refractivity contribution is 0.126. The number of anilines is 4. The Morgan fingerprint density at radius 1 is 0.542 bits per heavy atom. The highest BCUT2D eigenvalue weighted by Crippen LogP contribution is 2.34. The molecule has 3 saturated carbocycles. The van der Waals surface area contributed by atoms with E-state index < -0.39 is 0 Å². The van der Waals surface area contributed by atoms with Crippen molar-refractivity contribution < 1.29 is 9.59 Å². The molecule has 0 radical (unpaired) electrons. The highest BCUT2D eigenvalue weighted by Gasteiger charge is 2.33. The van der Waals surface area contributed by atoms with Crippen LogP contribution >= 0.6 is 0 Å². The van der Waals surface area contributed by atoms with Crippen LogP contribution in [-0.4, -0.2) is 75.2 Å². The van der Waals surface area contributed by atoms with Crippen LogP contribution in [0.2, 0.25) is 0 Å². The molecule has 0 atom stereocenters. The number of carbonyl (C=O) groups excluding carboxylic acids is 2. The van der Waals surface area contributed by atoms with Crippen LogP contribution in [0.1, 0.15) is 103 Å². The molecule has 5 rings (SSSR count). The molecule has 0 spiro atoms. The number of carbonyl (C=O) groups is 2. The molecule has 2 N–H and O–H groups in total. The molecule has 0 bridgehead atoms. The fourth-order valence-corrected chi connectivity index (χ4v) is 8.20. The van der Waals surface area contributed by atoms with E-state index in [9.17, 15) is 9.59 Å². The van der Waals surface area contributed by atoms with Crippen molar-refractivity contribution in [1.82, 2.24) is 9.80 Å².